The summed E-state index contributed by atoms with van der Waals surface area (Å²) >= 11 is 0. The summed E-state index contributed by atoms with van der Waals surface area (Å²) in [6, 6.07) is 13.0. The van der Waals surface area contributed by atoms with Crippen LogP contribution in [0, 0.1) is 45.6 Å². The molecule has 6 unspecified atom stereocenters. The standard InChI is InChI=1S/C27H25N3O5/c1-2-15-7-3-5-9-21(15)28(25(31)18-8-4-6-10-22(18)30(34)35)14-29-26(32)23-16-11-12-17(20-13-19(16)20)24(23)27(29)33/h3-12,16-17,19-20,23-24H,2,13-14H2,1H3. The van der Waals surface area contributed by atoms with Gasteiger partial charge in [0.25, 0.3) is 11.6 Å². The maximum Gasteiger partial charge on any atom is 0.282 e. The van der Waals surface area contributed by atoms with E-state index in [1.807, 2.05) is 19.1 Å². The van der Waals surface area contributed by atoms with Gasteiger partial charge in [0.05, 0.1) is 16.8 Å². The van der Waals surface area contributed by atoms with Gasteiger partial charge >= 0.3 is 0 Å². The van der Waals surface area contributed by atoms with Crippen molar-refractivity contribution in [2.45, 2.75) is 19.8 Å². The van der Waals surface area contributed by atoms with Crippen LogP contribution in [0.4, 0.5) is 11.4 Å². The Kier molecular flexibility index (Phi) is 4.88. The van der Waals surface area contributed by atoms with E-state index >= 15 is 0 Å². The second-order valence-corrected chi connectivity index (χ2v) is 9.89. The van der Waals surface area contributed by atoms with E-state index in [1.54, 1.807) is 18.2 Å². The van der Waals surface area contributed by atoms with Crippen molar-refractivity contribution in [3.8, 4) is 0 Å². The van der Waals surface area contributed by atoms with Crippen LogP contribution in [0.15, 0.2) is 60.7 Å². The summed E-state index contributed by atoms with van der Waals surface area (Å²) in [4.78, 5) is 54.6. The van der Waals surface area contributed by atoms with Crippen LogP contribution in [-0.2, 0) is 16.0 Å². The molecule has 8 heteroatoms. The molecule has 178 valence electrons. The van der Waals surface area contributed by atoms with Crippen molar-refractivity contribution in [1.82, 2.24) is 4.90 Å². The van der Waals surface area contributed by atoms with E-state index in [4.69, 9.17) is 0 Å². The Morgan fingerprint density at radius 2 is 1.60 bits per heavy atom. The molecule has 4 aliphatic carbocycles. The molecule has 2 aromatic carbocycles. The summed E-state index contributed by atoms with van der Waals surface area (Å²) in [7, 11) is 0. The molecule has 0 spiro atoms. The van der Waals surface area contributed by atoms with E-state index < -0.39 is 10.8 Å². The second-order valence-electron chi connectivity index (χ2n) is 9.89. The molecular formula is C27H25N3O5. The first-order valence-electron chi connectivity index (χ1n) is 12.1. The number of imide groups is 1. The molecule has 3 fully saturated rings. The van der Waals surface area contributed by atoms with Crippen molar-refractivity contribution in [2.24, 2.45) is 35.5 Å². The van der Waals surface area contributed by atoms with Gasteiger partial charge in [0.2, 0.25) is 11.8 Å². The average molecular weight is 472 g/mol. The Morgan fingerprint density at radius 3 is 2.23 bits per heavy atom. The van der Waals surface area contributed by atoms with Crippen LogP contribution in [0.1, 0.15) is 29.3 Å². The quantitative estimate of drug-likeness (QED) is 0.276. The van der Waals surface area contributed by atoms with Crippen LogP contribution in [0.2, 0.25) is 0 Å². The van der Waals surface area contributed by atoms with Crippen LogP contribution in [0.25, 0.3) is 0 Å². The molecule has 2 aromatic rings. The van der Waals surface area contributed by atoms with Crippen molar-refractivity contribution in [3.63, 3.8) is 0 Å². The molecule has 3 amide bonds. The van der Waals surface area contributed by atoms with Crippen molar-refractivity contribution in [2.75, 3.05) is 11.6 Å². The fourth-order valence-electron chi connectivity index (χ4n) is 6.58. The highest BCUT2D eigenvalue weighted by molar-refractivity contribution is 6.11. The number of allylic oxidation sites excluding steroid dienone is 2. The number of hydrogen-bond donors (Lipinski definition) is 0. The van der Waals surface area contributed by atoms with Crippen LogP contribution >= 0.6 is 0 Å². The molecule has 1 aliphatic heterocycles. The lowest BCUT2D eigenvalue weighted by atomic mass is 9.63. The fourth-order valence-corrected chi connectivity index (χ4v) is 6.58. The molecule has 1 heterocycles. The minimum Gasteiger partial charge on any atom is -0.289 e. The van der Waals surface area contributed by atoms with Crippen LogP contribution in [0.5, 0.6) is 0 Å². The van der Waals surface area contributed by atoms with Crippen molar-refractivity contribution in [1.29, 1.82) is 0 Å². The van der Waals surface area contributed by atoms with Gasteiger partial charge in [0.15, 0.2) is 0 Å². The number of nitro groups is 1. The van der Waals surface area contributed by atoms with E-state index in [1.165, 1.54) is 28.0 Å². The molecule has 7 rings (SSSR count). The van der Waals surface area contributed by atoms with Crippen LogP contribution in [-0.4, -0.2) is 34.2 Å². The molecular weight excluding hydrogens is 446 g/mol. The summed E-state index contributed by atoms with van der Waals surface area (Å²) in [5.41, 5.74) is 0.992. The van der Waals surface area contributed by atoms with E-state index in [0.717, 1.165) is 12.0 Å². The first kappa shape index (κ1) is 21.7. The number of likely N-dealkylation sites (tertiary alicyclic amines) is 1. The number of hydrogen-bond acceptors (Lipinski definition) is 5. The second kappa shape index (κ2) is 7.86. The maximum absolute atomic E-state index is 13.8. The lowest BCUT2D eigenvalue weighted by Crippen LogP contribution is -2.45. The van der Waals surface area contributed by atoms with Gasteiger partial charge in [-0.3, -0.25) is 34.3 Å². The Bertz CT molecular complexity index is 1270. The van der Waals surface area contributed by atoms with Gasteiger partial charge in [-0.25, -0.2) is 0 Å². The predicted octanol–water partition coefficient (Wildman–Crippen LogP) is 3.81. The average Bonchev–Trinajstić information content (AvgIpc) is 3.67. The first-order chi connectivity index (χ1) is 16.9. The predicted molar refractivity (Wildman–Crippen MR) is 127 cm³/mol. The first-order valence-corrected chi connectivity index (χ1v) is 12.1. The van der Waals surface area contributed by atoms with Crippen molar-refractivity contribution < 1.29 is 19.3 Å². The van der Waals surface area contributed by atoms with Gasteiger partial charge in [0.1, 0.15) is 12.2 Å². The van der Waals surface area contributed by atoms with Gasteiger partial charge in [-0.1, -0.05) is 49.4 Å². The Hall–Kier alpha value is -3.81. The summed E-state index contributed by atoms with van der Waals surface area (Å²) in [5.74, 6) is -0.702. The third-order valence-corrected chi connectivity index (χ3v) is 8.28. The lowest BCUT2D eigenvalue weighted by Gasteiger charge is -2.37. The zero-order valence-corrected chi connectivity index (χ0v) is 19.2. The van der Waals surface area contributed by atoms with Gasteiger partial charge in [-0.05, 0) is 54.2 Å². The molecule has 6 atom stereocenters. The number of benzene rings is 2. The van der Waals surface area contributed by atoms with E-state index in [0.29, 0.717) is 23.9 Å². The van der Waals surface area contributed by atoms with E-state index in [2.05, 4.69) is 12.2 Å². The maximum atomic E-state index is 13.8. The number of nitrogens with zero attached hydrogens (tertiary/aromatic N) is 3. The molecule has 0 N–H and O–H groups in total. The van der Waals surface area contributed by atoms with Crippen molar-refractivity contribution >= 4 is 29.1 Å². The highest BCUT2D eigenvalue weighted by Crippen LogP contribution is 2.65. The number of carbonyl (C=O) groups is 3. The SMILES string of the molecule is CCc1ccccc1N(CN1C(=O)C2C3C=CC(C4CC34)C2C1=O)C(=O)c1ccccc1[N+](=O)[O-]. The summed E-state index contributed by atoms with van der Waals surface area (Å²) in [6.45, 7) is 1.68. The van der Waals surface area contributed by atoms with Crippen molar-refractivity contribution in [3.05, 3.63) is 81.9 Å². The van der Waals surface area contributed by atoms with Crippen LogP contribution in [0.3, 0.4) is 0 Å². The molecule has 35 heavy (non-hydrogen) atoms. The summed E-state index contributed by atoms with van der Waals surface area (Å²) in [6.07, 6.45) is 5.90. The number of carbonyl (C=O) groups excluding carboxylic acids is 3. The molecule has 0 radical (unpaired) electrons. The highest BCUT2D eigenvalue weighted by atomic mass is 16.6. The molecule has 5 aliphatic rings. The lowest BCUT2D eigenvalue weighted by molar-refractivity contribution is -0.385. The monoisotopic (exact) mass is 471 g/mol. The smallest absolute Gasteiger partial charge is 0.282 e. The third-order valence-electron chi connectivity index (χ3n) is 8.28. The van der Waals surface area contributed by atoms with E-state index in [9.17, 15) is 24.5 Å². The number of nitro benzene ring substituents is 1. The molecule has 2 bridgehead atoms. The topological polar surface area (TPSA) is 101 Å². The normalized spacial score (nSPS) is 29.7. The number of amides is 3. The highest BCUT2D eigenvalue weighted by Gasteiger charge is 2.67. The van der Waals surface area contributed by atoms with Gasteiger partial charge in [-0.15, -0.1) is 0 Å². The van der Waals surface area contributed by atoms with Gasteiger partial charge in [-0.2, -0.15) is 0 Å². The molecule has 1 saturated heterocycles. The van der Waals surface area contributed by atoms with Gasteiger partial charge < -0.3 is 0 Å². The summed E-state index contributed by atoms with van der Waals surface area (Å²) < 4.78 is 0. The zero-order chi connectivity index (χ0) is 24.4. The number of anilines is 1. The number of aryl methyl sites for hydroxylation is 1. The Labute approximate surface area is 202 Å². The minimum atomic E-state index is -0.613. The van der Waals surface area contributed by atoms with Crippen LogP contribution < -0.4 is 4.90 Å². The molecule has 0 aromatic heterocycles. The zero-order valence-electron chi connectivity index (χ0n) is 19.2. The molecule has 8 nitrogen and oxygen atoms in total. The Balaban J connectivity index is 1.39. The molecule has 2 saturated carbocycles. The fraction of sp³-hybridized carbons (Fsp3) is 0.370. The van der Waals surface area contributed by atoms with Gasteiger partial charge in [0, 0.05) is 11.8 Å². The largest absolute Gasteiger partial charge is 0.289 e. The third kappa shape index (κ3) is 3.16. The number of rotatable bonds is 6. The Morgan fingerprint density at radius 1 is 1.00 bits per heavy atom. The van der Waals surface area contributed by atoms with E-state index in [-0.39, 0.29) is 53.4 Å². The summed E-state index contributed by atoms with van der Waals surface area (Å²) in [5, 5.41) is 11.7. The number of para-hydroxylation sites is 2. The minimum absolute atomic E-state index is 0.0807.